The molecule has 0 radical (unpaired) electrons. The summed E-state index contributed by atoms with van der Waals surface area (Å²) in [5, 5.41) is 87.2. The number of aliphatic hydroxyl groups is 8. The van der Waals surface area contributed by atoms with Crippen molar-refractivity contribution in [3.63, 3.8) is 0 Å². The van der Waals surface area contributed by atoms with E-state index in [0.717, 1.165) is 51.4 Å². The second kappa shape index (κ2) is 43.3. The van der Waals surface area contributed by atoms with Gasteiger partial charge < -0.3 is 65.1 Å². The molecule has 2 saturated heterocycles. The smallest absolute Gasteiger partial charge is 0.220 e. The maximum Gasteiger partial charge on any atom is 0.220 e. The van der Waals surface area contributed by atoms with Gasteiger partial charge in [0.2, 0.25) is 5.91 Å². The third-order valence-electron chi connectivity index (χ3n) is 14.8. The lowest BCUT2D eigenvalue weighted by Crippen LogP contribution is -2.65. The third-order valence-corrected chi connectivity index (χ3v) is 14.8. The number of nitrogens with one attached hydrogen (secondary N) is 1. The van der Waals surface area contributed by atoms with E-state index >= 15 is 0 Å². The van der Waals surface area contributed by atoms with Gasteiger partial charge in [-0.25, -0.2) is 0 Å². The van der Waals surface area contributed by atoms with E-state index in [1.807, 2.05) is 0 Å². The van der Waals surface area contributed by atoms with Gasteiger partial charge in [-0.2, -0.15) is 0 Å². The van der Waals surface area contributed by atoms with E-state index < -0.39 is 86.8 Å². The van der Waals surface area contributed by atoms with Crippen molar-refractivity contribution in [2.45, 2.75) is 331 Å². The van der Waals surface area contributed by atoms with Gasteiger partial charge in [0.25, 0.3) is 0 Å². The molecule has 0 aromatic rings. The van der Waals surface area contributed by atoms with Gasteiger partial charge in [-0.3, -0.25) is 4.79 Å². The zero-order chi connectivity index (χ0) is 51.0. The Labute approximate surface area is 425 Å². The maximum absolute atomic E-state index is 13.3. The summed E-state index contributed by atoms with van der Waals surface area (Å²) in [6.45, 7) is 2.89. The average Bonchev–Trinajstić information content (AvgIpc) is 3.36. The number of carbonyl (C=O) groups excluding carboxylic acids is 1. The molecule has 0 aromatic heterocycles. The molecular weight excluding hydrogens is 895 g/mol. The molecule has 14 nitrogen and oxygen atoms in total. The minimum Gasteiger partial charge on any atom is -0.394 e. The monoisotopic (exact) mass is 1000 g/mol. The first-order chi connectivity index (χ1) is 34.1. The molecule has 2 rings (SSSR count). The molecule has 9 N–H and O–H groups in total. The topological polar surface area (TPSA) is 228 Å². The number of aliphatic hydroxyl groups excluding tert-OH is 8. The highest BCUT2D eigenvalue weighted by atomic mass is 16.7. The van der Waals surface area contributed by atoms with Gasteiger partial charge in [0, 0.05) is 6.42 Å². The van der Waals surface area contributed by atoms with Crippen LogP contribution in [0.4, 0.5) is 0 Å². The summed E-state index contributed by atoms with van der Waals surface area (Å²) < 4.78 is 22.8. The molecule has 12 unspecified atom stereocenters. The molecule has 1 amide bonds. The highest BCUT2D eigenvalue weighted by Crippen LogP contribution is 2.30. The second-order valence-corrected chi connectivity index (χ2v) is 21.1. The fourth-order valence-electron chi connectivity index (χ4n) is 10.1. The first-order valence-corrected chi connectivity index (χ1v) is 29.3. The summed E-state index contributed by atoms with van der Waals surface area (Å²) in [4.78, 5) is 13.3. The van der Waals surface area contributed by atoms with Crippen LogP contribution < -0.4 is 5.32 Å². The van der Waals surface area contributed by atoms with Crippen molar-refractivity contribution < 1.29 is 64.6 Å². The van der Waals surface area contributed by atoms with E-state index in [1.165, 1.54) is 180 Å². The molecular formula is C56H109NO13. The number of carbonyl (C=O) groups is 1. The van der Waals surface area contributed by atoms with Crippen molar-refractivity contribution in [2.75, 3.05) is 19.8 Å². The minimum atomic E-state index is -1.78. The Bertz CT molecular complexity index is 1180. The molecule has 0 aliphatic carbocycles. The molecule has 0 saturated carbocycles. The molecule has 14 heteroatoms. The van der Waals surface area contributed by atoms with Crippen molar-refractivity contribution in [1.29, 1.82) is 0 Å². The predicted octanol–water partition coefficient (Wildman–Crippen LogP) is 9.34. The molecule has 0 bridgehead atoms. The van der Waals surface area contributed by atoms with Gasteiger partial charge in [0.1, 0.15) is 48.8 Å². The van der Waals surface area contributed by atoms with E-state index in [1.54, 1.807) is 0 Å². The van der Waals surface area contributed by atoms with Crippen molar-refractivity contribution in [2.24, 2.45) is 0 Å². The largest absolute Gasteiger partial charge is 0.394 e. The first kappa shape index (κ1) is 65.1. The number of unbranched alkanes of at least 4 members (excludes halogenated alkanes) is 34. The lowest BCUT2D eigenvalue weighted by Gasteiger charge is -2.46. The Hall–Kier alpha value is -1.01. The molecule has 2 aliphatic rings. The molecule has 0 spiro atoms. The summed E-state index contributed by atoms with van der Waals surface area (Å²) in [6.07, 6.45) is 29.5. The molecule has 2 fully saturated rings. The van der Waals surface area contributed by atoms with Crippen molar-refractivity contribution in [1.82, 2.24) is 5.32 Å². The summed E-state index contributed by atoms with van der Waals surface area (Å²) in [5.41, 5.74) is 0. The van der Waals surface area contributed by atoms with Crippen LogP contribution in [0.3, 0.4) is 0 Å². The number of hydrogen-bond donors (Lipinski definition) is 9. The normalized spacial score (nSPS) is 25.9. The maximum atomic E-state index is 13.3. The van der Waals surface area contributed by atoms with Crippen LogP contribution in [0, 0.1) is 0 Å². The van der Waals surface area contributed by atoms with Crippen molar-refractivity contribution in [3.05, 3.63) is 0 Å². The third kappa shape index (κ3) is 29.2. The minimum absolute atomic E-state index is 0.201. The van der Waals surface area contributed by atoms with Crippen LogP contribution in [0.5, 0.6) is 0 Å². The van der Waals surface area contributed by atoms with Crippen LogP contribution in [0.15, 0.2) is 0 Å². The highest BCUT2D eigenvalue weighted by molar-refractivity contribution is 5.76. The Morgan fingerprint density at radius 3 is 1.21 bits per heavy atom. The molecule has 2 aliphatic heterocycles. The van der Waals surface area contributed by atoms with Crippen LogP contribution in [0.25, 0.3) is 0 Å². The highest BCUT2D eigenvalue weighted by Gasteiger charge is 2.51. The van der Waals surface area contributed by atoms with Gasteiger partial charge in [0.05, 0.1) is 32.0 Å². The number of amides is 1. The summed E-state index contributed by atoms with van der Waals surface area (Å²) in [6, 6.07) is -0.822. The lowest BCUT2D eigenvalue weighted by atomic mass is 9.97. The van der Waals surface area contributed by atoms with E-state index in [2.05, 4.69) is 19.2 Å². The van der Waals surface area contributed by atoms with E-state index in [9.17, 15) is 45.6 Å². The van der Waals surface area contributed by atoms with Crippen molar-refractivity contribution >= 4 is 5.91 Å². The molecule has 416 valence electrons. The van der Waals surface area contributed by atoms with E-state index in [4.69, 9.17) is 18.9 Å². The Balaban J connectivity index is 1.76. The summed E-state index contributed by atoms with van der Waals surface area (Å²) in [7, 11) is 0. The lowest BCUT2D eigenvalue weighted by molar-refractivity contribution is -0.359. The predicted molar refractivity (Wildman–Crippen MR) is 277 cm³/mol. The molecule has 2 heterocycles. The zero-order valence-corrected chi connectivity index (χ0v) is 44.5. The zero-order valence-electron chi connectivity index (χ0n) is 44.5. The van der Waals surface area contributed by atoms with Crippen LogP contribution in [0.2, 0.25) is 0 Å². The number of rotatable bonds is 47. The number of ether oxygens (including phenoxy) is 4. The molecule has 70 heavy (non-hydrogen) atoms. The molecule has 0 aromatic carbocycles. The van der Waals surface area contributed by atoms with E-state index in [0.29, 0.717) is 12.8 Å². The van der Waals surface area contributed by atoms with Gasteiger partial charge >= 0.3 is 0 Å². The SMILES string of the molecule is CCCCCCCCCCCCCCCCCCCCCC(=O)NC(COC1OC(CO)C(OC2OC(CO)C(O)C(O)C2O)C(O)C1O)C(O)CCCCCCCCCCCCCCCCCCC. The van der Waals surface area contributed by atoms with Crippen molar-refractivity contribution in [3.8, 4) is 0 Å². The second-order valence-electron chi connectivity index (χ2n) is 21.1. The van der Waals surface area contributed by atoms with Gasteiger partial charge in [-0.1, -0.05) is 239 Å². The average molecular weight is 1000 g/mol. The Morgan fingerprint density at radius 2 is 0.814 bits per heavy atom. The fourth-order valence-corrected chi connectivity index (χ4v) is 10.1. The van der Waals surface area contributed by atoms with Crippen LogP contribution in [-0.4, -0.2) is 140 Å². The van der Waals surface area contributed by atoms with Gasteiger partial charge in [0.15, 0.2) is 12.6 Å². The van der Waals surface area contributed by atoms with Gasteiger partial charge in [-0.05, 0) is 12.8 Å². The first-order valence-electron chi connectivity index (χ1n) is 29.3. The fraction of sp³-hybridized carbons (Fsp3) is 0.982. The number of hydrogen-bond acceptors (Lipinski definition) is 13. The Kier molecular flexibility index (Phi) is 40.2. The summed E-state index contributed by atoms with van der Waals surface area (Å²) >= 11 is 0. The standard InChI is InChI=1S/C56H109NO13/c1-3-5-7-9-11-13-15-17-19-21-22-24-26-28-30-32-34-36-38-40-48(61)57-44(45(60)39-37-35-33-31-29-27-25-23-20-18-16-14-12-10-8-6-4-2)43-67-55-53(66)51(64)54(47(42-59)69-55)70-56-52(65)50(63)49(62)46(41-58)68-56/h44-47,49-56,58-60,62-66H,3-43H2,1-2H3,(H,57,61). The quantitative estimate of drug-likeness (QED) is 0.0259. The molecule has 12 atom stereocenters. The van der Waals surface area contributed by atoms with Crippen LogP contribution >= 0.6 is 0 Å². The van der Waals surface area contributed by atoms with E-state index in [-0.39, 0.29) is 12.5 Å². The summed E-state index contributed by atoms with van der Waals surface area (Å²) in [5.74, 6) is -0.201. The van der Waals surface area contributed by atoms with Crippen LogP contribution in [0.1, 0.15) is 258 Å². The van der Waals surface area contributed by atoms with Crippen LogP contribution in [-0.2, 0) is 23.7 Å². The Morgan fingerprint density at radius 1 is 0.457 bits per heavy atom. The van der Waals surface area contributed by atoms with Gasteiger partial charge in [-0.15, -0.1) is 0 Å².